The molecule has 1 aliphatic rings. The number of alkyl halides is 3. The molecule has 7 nitrogen and oxygen atoms in total. The van der Waals surface area contributed by atoms with Crippen molar-refractivity contribution in [2.75, 3.05) is 25.0 Å². The van der Waals surface area contributed by atoms with Gasteiger partial charge in [0.2, 0.25) is 0 Å². The minimum Gasteiger partial charge on any atom is -0.371 e. The number of carbonyl (C=O) groups is 1. The number of pyridine rings is 1. The second-order valence-electron chi connectivity index (χ2n) is 6.71. The molecule has 4 rings (SSSR count). The minimum atomic E-state index is -4.49. The van der Waals surface area contributed by atoms with Gasteiger partial charge in [-0.2, -0.15) is 18.3 Å². The highest BCUT2D eigenvalue weighted by atomic mass is 19.4. The molecule has 1 atom stereocenters. The van der Waals surface area contributed by atoms with E-state index >= 15 is 0 Å². The summed E-state index contributed by atoms with van der Waals surface area (Å²) in [5.74, 6) is -0.467. The maximum Gasteiger partial charge on any atom is 0.416 e. The van der Waals surface area contributed by atoms with Crippen molar-refractivity contribution in [1.29, 1.82) is 0 Å². The van der Waals surface area contributed by atoms with Crippen LogP contribution < -0.4 is 10.6 Å². The van der Waals surface area contributed by atoms with Crippen LogP contribution in [0.3, 0.4) is 0 Å². The van der Waals surface area contributed by atoms with E-state index in [0.29, 0.717) is 12.3 Å². The monoisotopic (exact) mass is 417 g/mol. The summed E-state index contributed by atoms with van der Waals surface area (Å²) >= 11 is 0. The van der Waals surface area contributed by atoms with Crippen LogP contribution in [0, 0.1) is 0 Å². The number of nitrogens with zero attached hydrogens (tertiary/aromatic N) is 3. The lowest BCUT2D eigenvalue weighted by atomic mass is 10.1. The van der Waals surface area contributed by atoms with Gasteiger partial charge in [0.25, 0.3) is 5.91 Å². The van der Waals surface area contributed by atoms with Crippen LogP contribution in [0.1, 0.15) is 27.6 Å². The van der Waals surface area contributed by atoms with Gasteiger partial charge in [-0.25, -0.2) is 9.67 Å². The van der Waals surface area contributed by atoms with Gasteiger partial charge in [0.15, 0.2) is 5.82 Å². The fraction of sp³-hybridized carbons (Fsp3) is 0.250. The number of rotatable bonds is 4. The molecule has 156 valence electrons. The average Bonchev–Trinajstić information content (AvgIpc) is 3.25. The summed E-state index contributed by atoms with van der Waals surface area (Å²) in [5, 5.41) is 9.95. The van der Waals surface area contributed by atoms with E-state index < -0.39 is 17.6 Å². The third kappa shape index (κ3) is 4.50. The Balaban J connectivity index is 1.44. The van der Waals surface area contributed by atoms with E-state index in [9.17, 15) is 18.0 Å². The molecule has 0 saturated carbocycles. The molecule has 0 radical (unpaired) electrons. The normalized spacial score (nSPS) is 17.0. The van der Waals surface area contributed by atoms with Crippen LogP contribution in [0.15, 0.2) is 55.0 Å². The number of nitrogens with one attached hydrogen (secondary N) is 2. The fourth-order valence-corrected chi connectivity index (χ4v) is 3.05. The van der Waals surface area contributed by atoms with E-state index in [1.807, 2.05) is 12.1 Å². The number of hydrogen-bond acceptors (Lipinski definition) is 5. The van der Waals surface area contributed by atoms with Gasteiger partial charge in [0.1, 0.15) is 0 Å². The molecule has 3 heterocycles. The molecule has 1 amide bonds. The van der Waals surface area contributed by atoms with Crippen molar-refractivity contribution in [3.63, 3.8) is 0 Å². The number of benzene rings is 1. The molecule has 1 unspecified atom stereocenters. The summed E-state index contributed by atoms with van der Waals surface area (Å²) in [6.07, 6.45) is -0.870. The first kappa shape index (κ1) is 20.0. The Morgan fingerprint density at radius 3 is 2.73 bits per heavy atom. The van der Waals surface area contributed by atoms with Gasteiger partial charge in [0.05, 0.1) is 30.0 Å². The van der Waals surface area contributed by atoms with E-state index in [1.165, 1.54) is 12.4 Å². The number of anilines is 1. The predicted octanol–water partition coefficient (Wildman–Crippen LogP) is 3.20. The lowest BCUT2D eigenvalue weighted by Crippen LogP contribution is -2.33. The maximum absolute atomic E-state index is 12.9. The average molecular weight is 417 g/mol. The van der Waals surface area contributed by atoms with E-state index in [0.717, 1.165) is 41.7 Å². The first-order valence-corrected chi connectivity index (χ1v) is 9.22. The summed E-state index contributed by atoms with van der Waals surface area (Å²) in [5.41, 5.74) is 0.936. The highest BCUT2D eigenvalue weighted by molar-refractivity contribution is 6.03. The van der Waals surface area contributed by atoms with Crippen LogP contribution in [0.2, 0.25) is 0 Å². The van der Waals surface area contributed by atoms with Gasteiger partial charge < -0.3 is 15.4 Å². The second kappa shape index (κ2) is 8.25. The zero-order valence-corrected chi connectivity index (χ0v) is 15.7. The summed E-state index contributed by atoms with van der Waals surface area (Å²) in [4.78, 5) is 16.4. The molecule has 0 spiro atoms. The molecule has 1 saturated heterocycles. The molecule has 2 aromatic heterocycles. The number of hydrogen-bond donors (Lipinski definition) is 2. The zero-order valence-electron chi connectivity index (χ0n) is 15.7. The lowest BCUT2D eigenvalue weighted by Gasteiger charge is -2.24. The lowest BCUT2D eigenvalue weighted by molar-refractivity contribution is -0.137. The summed E-state index contributed by atoms with van der Waals surface area (Å²) in [7, 11) is 0. The Hall–Kier alpha value is -3.24. The third-order valence-electron chi connectivity index (χ3n) is 4.62. The van der Waals surface area contributed by atoms with Gasteiger partial charge in [-0.3, -0.25) is 4.79 Å². The van der Waals surface area contributed by atoms with Crippen LogP contribution in [-0.2, 0) is 10.9 Å². The molecular formula is C20H18F3N5O2. The van der Waals surface area contributed by atoms with Crippen LogP contribution in [0.5, 0.6) is 0 Å². The van der Waals surface area contributed by atoms with Crippen molar-refractivity contribution < 1.29 is 22.7 Å². The third-order valence-corrected chi connectivity index (χ3v) is 4.62. The van der Waals surface area contributed by atoms with E-state index in [4.69, 9.17) is 4.74 Å². The SMILES string of the molecule is O=C(Nc1ccc(C2CNCCO2)cc1)c1cnn(-c2cc(C(F)(F)F)ccn2)c1. The Bertz CT molecular complexity index is 1030. The van der Waals surface area contributed by atoms with E-state index in [1.54, 1.807) is 12.1 Å². The van der Waals surface area contributed by atoms with Gasteiger partial charge in [-0.15, -0.1) is 0 Å². The highest BCUT2D eigenvalue weighted by Crippen LogP contribution is 2.29. The largest absolute Gasteiger partial charge is 0.416 e. The summed E-state index contributed by atoms with van der Waals surface area (Å²) in [6, 6.07) is 9.04. The predicted molar refractivity (Wildman–Crippen MR) is 102 cm³/mol. The minimum absolute atomic E-state index is 0.0262. The Kier molecular flexibility index (Phi) is 5.51. The van der Waals surface area contributed by atoms with Gasteiger partial charge in [-0.05, 0) is 29.8 Å². The number of carbonyl (C=O) groups excluding carboxylic acids is 1. The van der Waals surface area contributed by atoms with Crippen LogP contribution >= 0.6 is 0 Å². The molecule has 3 aromatic rings. The molecule has 30 heavy (non-hydrogen) atoms. The molecular weight excluding hydrogens is 399 g/mol. The molecule has 0 bridgehead atoms. The number of aromatic nitrogens is 3. The van der Waals surface area contributed by atoms with Crippen molar-refractivity contribution >= 4 is 11.6 Å². The molecule has 0 aliphatic carbocycles. The first-order valence-electron chi connectivity index (χ1n) is 9.22. The standard InChI is InChI=1S/C20H18F3N5O2/c21-20(22,23)15-5-6-25-18(9-15)28-12-14(10-26-28)19(29)27-16-3-1-13(2-4-16)17-11-24-7-8-30-17/h1-6,9-10,12,17,24H,7-8,11H2,(H,27,29). The Morgan fingerprint density at radius 2 is 2.03 bits per heavy atom. The summed E-state index contributed by atoms with van der Waals surface area (Å²) in [6.45, 7) is 2.21. The molecule has 2 N–H and O–H groups in total. The van der Waals surface area contributed by atoms with Crippen molar-refractivity contribution in [3.05, 3.63) is 71.7 Å². The van der Waals surface area contributed by atoms with Crippen LogP contribution in [0.4, 0.5) is 18.9 Å². The van der Waals surface area contributed by atoms with E-state index in [2.05, 4.69) is 20.7 Å². The van der Waals surface area contributed by atoms with E-state index in [-0.39, 0.29) is 17.5 Å². The van der Waals surface area contributed by atoms with Crippen LogP contribution in [-0.4, -0.2) is 40.4 Å². The number of amides is 1. The number of halogens is 3. The Morgan fingerprint density at radius 1 is 1.23 bits per heavy atom. The second-order valence-corrected chi connectivity index (χ2v) is 6.71. The molecule has 1 fully saturated rings. The van der Waals surface area contributed by atoms with Crippen molar-refractivity contribution in [2.45, 2.75) is 12.3 Å². The molecule has 10 heteroatoms. The summed E-state index contributed by atoms with van der Waals surface area (Å²) < 4.78 is 45.4. The maximum atomic E-state index is 12.9. The quantitative estimate of drug-likeness (QED) is 0.682. The van der Waals surface area contributed by atoms with Gasteiger partial charge >= 0.3 is 6.18 Å². The van der Waals surface area contributed by atoms with Crippen molar-refractivity contribution in [1.82, 2.24) is 20.1 Å². The number of ether oxygens (including phenoxy) is 1. The van der Waals surface area contributed by atoms with Crippen molar-refractivity contribution in [2.24, 2.45) is 0 Å². The fourth-order valence-electron chi connectivity index (χ4n) is 3.05. The molecule has 1 aliphatic heterocycles. The van der Waals surface area contributed by atoms with Gasteiger partial charge in [0, 0.05) is 31.2 Å². The topological polar surface area (TPSA) is 81.1 Å². The smallest absolute Gasteiger partial charge is 0.371 e. The van der Waals surface area contributed by atoms with Crippen LogP contribution in [0.25, 0.3) is 5.82 Å². The number of morpholine rings is 1. The zero-order chi connectivity index (χ0) is 21.1. The molecule has 1 aromatic carbocycles. The van der Waals surface area contributed by atoms with Gasteiger partial charge in [-0.1, -0.05) is 12.1 Å². The van der Waals surface area contributed by atoms with Crippen molar-refractivity contribution in [3.8, 4) is 5.82 Å². The highest BCUT2D eigenvalue weighted by Gasteiger charge is 2.31. The first-order chi connectivity index (χ1) is 14.4. The Labute approximate surface area is 169 Å².